The molecule has 0 atom stereocenters. The summed E-state index contributed by atoms with van der Waals surface area (Å²) in [6.45, 7) is 3.30. The molecule has 0 N–H and O–H groups in total. The lowest BCUT2D eigenvalue weighted by molar-refractivity contribution is 0.415. The van der Waals surface area contributed by atoms with Crippen LogP contribution in [0.3, 0.4) is 0 Å². The van der Waals surface area contributed by atoms with Crippen LogP contribution >= 0.6 is 0 Å². The van der Waals surface area contributed by atoms with E-state index >= 15 is 0 Å². The Bertz CT molecular complexity index is 1320. The summed E-state index contributed by atoms with van der Waals surface area (Å²) in [6, 6.07) is 9.84. The zero-order valence-electron chi connectivity index (χ0n) is 17.7. The molecular weight excluding hydrogens is 394 g/mol. The van der Waals surface area contributed by atoms with Crippen LogP contribution in [0.15, 0.2) is 41.5 Å². The molecule has 9 nitrogen and oxygen atoms in total. The van der Waals surface area contributed by atoms with Crippen molar-refractivity contribution in [2.75, 3.05) is 25.1 Å². The van der Waals surface area contributed by atoms with Gasteiger partial charge >= 0.3 is 0 Å². The maximum Gasteiger partial charge on any atom is 0.256 e. The molecule has 3 aromatic heterocycles. The van der Waals surface area contributed by atoms with Crippen molar-refractivity contribution in [1.82, 2.24) is 29.4 Å². The molecule has 0 unspecified atom stereocenters. The third-order valence-corrected chi connectivity index (χ3v) is 5.92. The van der Waals surface area contributed by atoms with Crippen molar-refractivity contribution in [1.29, 1.82) is 0 Å². The van der Waals surface area contributed by atoms with Gasteiger partial charge in [0.1, 0.15) is 17.9 Å². The summed E-state index contributed by atoms with van der Waals surface area (Å²) < 4.78 is 8.59. The molecule has 31 heavy (non-hydrogen) atoms. The maximum absolute atomic E-state index is 12.8. The minimum Gasteiger partial charge on any atom is -0.497 e. The van der Waals surface area contributed by atoms with Crippen molar-refractivity contribution in [2.24, 2.45) is 7.05 Å². The van der Waals surface area contributed by atoms with E-state index in [2.05, 4.69) is 25.2 Å². The van der Waals surface area contributed by atoms with Crippen LogP contribution in [-0.4, -0.2) is 49.6 Å². The maximum atomic E-state index is 12.8. The van der Waals surface area contributed by atoms with Gasteiger partial charge in [0, 0.05) is 37.7 Å². The van der Waals surface area contributed by atoms with Gasteiger partial charge in [-0.2, -0.15) is 9.61 Å². The molecule has 1 aliphatic rings. The number of methoxy groups -OCH3 is 1. The van der Waals surface area contributed by atoms with Gasteiger partial charge in [-0.15, -0.1) is 10.2 Å². The second-order valence-corrected chi connectivity index (χ2v) is 7.68. The topological polar surface area (TPSA) is 90.4 Å². The van der Waals surface area contributed by atoms with Gasteiger partial charge in [0.25, 0.3) is 5.56 Å². The first-order valence-electron chi connectivity index (χ1n) is 10.2. The lowest BCUT2D eigenvalue weighted by Crippen LogP contribution is -2.28. The first-order valence-corrected chi connectivity index (χ1v) is 10.2. The number of benzene rings is 1. The van der Waals surface area contributed by atoms with Crippen molar-refractivity contribution in [3.05, 3.63) is 64.1 Å². The molecule has 0 spiro atoms. The summed E-state index contributed by atoms with van der Waals surface area (Å²) in [5.74, 6) is 1.53. The zero-order chi connectivity index (χ0) is 21.5. The highest BCUT2D eigenvalue weighted by molar-refractivity contribution is 5.74. The third-order valence-electron chi connectivity index (χ3n) is 5.92. The van der Waals surface area contributed by atoms with Gasteiger partial charge in [0.2, 0.25) is 5.65 Å². The number of anilines is 1. The van der Waals surface area contributed by atoms with Crippen LogP contribution in [0.4, 0.5) is 5.69 Å². The van der Waals surface area contributed by atoms with Crippen molar-refractivity contribution in [3.63, 3.8) is 0 Å². The van der Waals surface area contributed by atoms with Crippen molar-refractivity contribution in [2.45, 2.75) is 19.8 Å². The van der Waals surface area contributed by atoms with Crippen molar-refractivity contribution >= 4 is 11.3 Å². The van der Waals surface area contributed by atoms with Crippen LogP contribution in [-0.2, 0) is 19.9 Å². The van der Waals surface area contributed by atoms with Gasteiger partial charge in [-0.25, -0.2) is 4.98 Å². The second-order valence-electron chi connectivity index (χ2n) is 7.68. The zero-order valence-corrected chi connectivity index (χ0v) is 17.7. The molecule has 0 radical (unpaired) electrons. The molecule has 158 valence electrons. The summed E-state index contributed by atoms with van der Waals surface area (Å²) in [5.41, 5.74) is 5.17. The molecule has 4 heterocycles. The Kier molecular flexibility index (Phi) is 4.65. The Morgan fingerprint density at radius 3 is 2.65 bits per heavy atom. The SMILES string of the molecule is COc1ccc(-c2cc(N3CCc4nc(C)n(C)c(=O)c4CC3)c3nncn3n2)cc1. The van der Waals surface area contributed by atoms with E-state index in [1.54, 1.807) is 29.6 Å². The number of rotatable bonds is 3. The molecule has 1 aliphatic heterocycles. The number of hydrogen-bond donors (Lipinski definition) is 0. The molecular formula is C22H23N7O2. The summed E-state index contributed by atoms with van der Waals surface area (Å²) in [7, 11) is 3.42. The van der Waals surface area contributed by atoms with E-state index in [1.807, 2.05) is 37.3 Å². The highest BCUT2D eigenvalue weighted by Crippen LogP contribution is 2.28. The van der Waals surface area contributed by atoms with E-state index in [0.717, 1.165) is 46.3 Å². The largest absolute Gasteiger partial charge is 0.497 e. The van der Waals surface area contributed by atoms with E-state index in [-0.39, 0.29) is 5.56 Å². The molecule has 4 aromatic rings. The summed E-state index contributed by atoms with van der Waals surface area (Å²) >= 11 is 0. The molecule has 1 aromatic carbocycles. The van der Waals surface area contributed by atoms with Gasteiger partial charge in [0.05, 0.1) is 24.2 Å². The average molecular weight is 417 g/mol. The first-order chi connectivity index (χ1) is 15.0. The van der Waals surface area contributed by atoms with Crippen LogP contribution in [0.25, 0.3) is 16.9 Å². The number of nitrogens with zero attached hydrogens (tertiary/aromatic N) is 7. The van der Waals surface area contributed by atoms with Gasteiger partial charge in [-0.1, -0.05) is 0 Å². The number of aromatic nitrogens is 6. The molecule has 0 saturated heterocycles. The fraction of sp³-hybridized carbons (Fsp3) is 0.318. The van der Waals surface area contributed by atoms with Gasteiger partial charge < -0.3 is 9.64 Å². The molecule has 0 amide bonds. The number of hydrogen-bond acceptors (Lipinski definition) is 7. The molecule has 0 fully saturated rings. The van der Waals surface area contributed by atoms with Crippen LogP contribution in [0.2, 0.25) is 0 Å². The van der Waals surface area contributed by atoms with E-state index in [0.29, 0.717) is 25.0 Å². The van der Waals surface area contributed by atoms with Crippen molar-refractivity contribution < 1.29 is 4.74 Å². The second kappa shape index (κ2) is 7.50. The molecule has 5 rings (SSSR count). The molecule has 0 bridgehead atoms. The van der Waals surface area contributed by atoms with Crippen molar-refractivity contribution in [3.8, 4) is 17.0 Å². The first kappa shape index (κ1) is 19.2. The fourth-order valence-corrected chi connectivity index (χ4v) is 4.06. The Balaban J connectivity index is 1.54. The van der Waals surface area contributed by atoms with Crippen LogP contribution in [0.1, 0.15) is 17.1 Å². The third kappa shape index (κ3) is 3.31. The quantitative estimate of drug-likeness (QED) is 0.502. The Morgan fingerprint density at radius 1 is 1.10 bits per heavy atom. The normalized spacial score (nSPS) is 13.8. The predicted molar refractivity (Wildman–Crippen MR) is 117 cm³/mol. The molecule has 0 aliphatic carbocycles. The monoisotopic (exact) mass is 417 g/mol. The summed E-state index contributed by atoms with van der Waals surface area (Å²) in [5, 5.41) is 13.0. The van der Waals surface area contributed by atoms with Gasteiger partial charge in [-0.05, 0) is 43.7 Å². The average Bonchev–Trinajstić information content (AvgIpc) is 3.17. The Morgan fingerprint density at radius 2 is 1.87 bits per heavy atom. The van der Waals surface area contributed by atoms with Gasteiger partial charge in [0.15, 0.2) is 0 Å². The predicted octanol–water partition coefficient (Wildman–Crippen LogP) is 1.81. The minimum absolute atomic E-state index is 0.0469. The summed E-state index contributed by atoms with van der Waals surface area (Å²) in [4.78, 5) is 19.7. The fourth-order valence-electron chi connectivity index (χ4n) is 4.06. The van der Waals surface area contributed by atoms with E-state index in [4.69, 9.17) is 4.74 Å². The standard InChI is InChI=1S/C22H23N7O2/c1-14-24-18-9-11-28(10-8-17(18)22(30)27(14)2)20-12-19(26-29-13-23-25-21(20)29)15-4-6-16(31-3)7-5-15/h4-7,12-13H,8-11H2,1-3H3. The highest BCUT2D eigenvalue weighted by atomic mass is 16.5. The van der Waals surface area contributed by atoms with Gasteiger partial charge in [-0.3, -0.25) is 9.36 Å². The number of fused-ring (bicyclic) bond motifs is 2. The molecule has 0 saturated carbocycles. The van der Waals surface area contributed by atoms with E-state index in [9.17, 15) is 4.79 Å². The smallest absolute Gasteiger partial charge is 0.256 e. The van der Waals surface area contributed by atoms with Crippen LogP contribution in [0.5, 0.6) is 5.75 Å². The lowest BCUT2D eigenvalue weighted by Gasteiger charge is -2.23. The van der Waals surface area contributed by atoms with E-state index in [1.165, 1.54) is 0 Å². The lowest BCUT2D eigenvalue weighted by atomic mass is 10.1. The summed E-state index contributed by atoms with van der Waals surface area (Å²) in [6.07, 6.45) is 2.95. The molecule has 9 heteroatoms. The Labute approximate surface area is 178 Å². The van der Waals surface area contributed by atoms with Crippen LogP contribution in [0, 0.1) is 6.92 Å². The minimum atomic E-state index is 0.0469. The highest BCUT2D eigenvalue weighted by Gasteiger charge is 2.22. The Hall–Kier alpha value is -3.75. The number of ether oxygens (including phenoxy) is 1. The van der Waals surface area contributed by atoms with Crippen LogP contribution < -0.4 is 15.2 Å². The van der Waals surface area contributed by atoms with E-state index < -0.39 is 0 Å². The number of aryl methyl sites for hydroxylation is 1.